The van der Waals surface area contributed by atoms with Crippen molar-refractivity contribution in [1.29, 1.82) is 0 Å². The average Bonchev–Trinajstić information content (AvgIpc) is 3.35. The van der Waals surface area contributed by atoms with Crippen molar-refractivity contribution in [3.63, 3.8) is 0 Å². The highest BCUT2D eigenvalue weighted by Gasteiger charge is 2.38. The van der Waals surface area contributed by atoms with E-state index in [0.29, 0.717) is 12.5 Å². The van der Waals surface area contributed by atoms with Gasteiger partial charge in [-0.25, -0.2) is 4.98 Å². The highest BCUT2D eigenvalue weighted by Crippen LogP contribution is 2.43. The van der Waals surface area contributed by atoms with Gasteiger partial charge in [-0.1, -0.05) is 13.3 Å². The fourth-order valence-corrected chi connectivity index (χ4v) is 4.98. The molecular weight excluding hydrogens is 350 g/mol. The molecule has 0 radical (unpaired) electrons. The van der Waals surface area contributed by atoms with E-state index in [1.54, 1.807) is 0 Å². The molecule has 3 aromatic rings. The third kappa shape index (κ3) is 2.65. The number of H-pyrrole nitrogens is 1. The van der Waals surface area contributed by atoms with E-state index >= 15 is 0 Å². The van der Waals surface area contributed by atoms with E-state index in [0.717, 1.165) is 49.1 Å². The molecule has 1 aliphatic heterocycles. The van der Waals surface area contributed by atoms with Gasteiger partial charge in [-0.2, -0.15) is 5.10 Å². The molecule has 28 heavy (non-hydrogen) atoms. The molecule has 1 fully saturated rings. The van der Waals surface area contributed by atoms with Crippen LogP contribution in [0.25, 0.3) is 22.3 Å². The Morgan fingerprint density at radius 1 is 1.39 bits per heavy atom. The number of pyridine rings is 1. The van der Waals surface area contributed by atoms with Crippen LogP contribution in [0, 0.1) is 0 Å². The van der Waals surface area contributed by atoms with Crippen LogP contribution >= 0.6 is 0 Å². The Morgan fingerprint density at radius 3 is 3.04 bits per heavy atom. The van der Waals surface area contributed by atoms with Gasteiger partial charge < -0.3 is 10.3 Å². The van der Waals surface area contributed by atoms with E-state index < -0.39 is 0 Å². The number of nitrogens with one attached hydrogen (secondary N) is 2. The zero-order valence-corrected chi connectivity index (χ0v) is 16.4. The van der Waals surface area contributed by atoms with Gasteiger partial charge in [0, 0.05) is 47.5 Å². The molecule has 0 aromatic carbocycles. The average molecular weight is 377 g/mol. The Labute approximate surface area is 164 Å². The number of hydrogen-bond acceptors (Lipinski definition) is 3. The highest BCUT2D eigenvalue weighted by molar-refractivity contribution is 5.84. The van der Waals surface area contributed by atoms with Crippen molar-refractivity contribution in [3.8, 4) is 11.3 Å². The molecule has 146 valence electrons. The summed E-state index contributed by atoms with van der Waals surface area (Å²) in [6, 6.07) is 4.50. The summed E-state index contributed by atoms with van der Waals surface area (Å²) in [4.78, 5) is 18.7. The molecule has 2 aliphatic rings. The van der Waals surface area contributed by atoms with Crippen molar-refractivity contribution >= 4 is 17.4 Å². The molecule has 2 N–H and O–H groups in total. The molecular formula is C22H27N5O. The molecule has 3 aromatic heterocycles. The maximum atomic E-state index is 10.7. The monoisotopic (exact) mass is 377 g/mol. The Kier molecular flexibility index (Phi) is 4.22. The number of aryl methyl sites for hydroxylation is 1. The predicted molar refractivity (Wildman–Crippen MR) is 109 cm³/mol. The van der Waals surface area contributed by atoms with Crippen molar-refractivity contribution in [2.75, 3.05) is 6.54 Å². The van der Waals surface area contributed by atoms with Crippen LogP contribution in [0.5, 0.6) is 0 Å². The fraction of sp³-hybridized carbons (Fsp3) is 0.500. The largest absolute Gasteiger partial charge is 0.359 e. The lowest BCUT2D eigenvalue weighted by Crippen LogP contribution is -2.28. The predicted octanol–water partition coefficient (Wildman–Crippen LogP) is 3.88. The maximum Gasteiger partial charge on any atom is 0.207 e. The normalized spacial score (nSPS) is 21.6. The van der Waals surface area contributed by atoms with E-state index in [-0.39, 0.29) is 5.41 Å². The minimum absolute atomic E-state index is 0.101. The third-order valence-electron chi connectivity index (χ3n) is 7.04. The zero-order valence-electron chi connectivity index (χ0n) is 16.4. The number of carbonyl (C=O) groups is 1. The van der Waals surface area contributed by atoms with Gasteiger partial charge in [0.1, 0.15) is 5.65 Å². The molecule has 0 bridgehead atoms. The van der Waals surface area contributed by atoms with Gasteiger partial charge in [0.15, 0.2) is 0 Å². The zero-order chi connectivity index (χ0) is 19.1. The van der Waals surface area contributed by atoms with Gasteiger partial charge >= 0.3 is 0 Å². The summed E-state index contributed by atoms with van der Waals surface area (Å²) in [5, 5.41) is 8.98. The summed E-state index contributed by atoms with van der Waals surface area (Å²) in [6.45, 7) is 3.89. The lowest BCUT2D eigenvalue weighted by Gasteiger charge is -2.26. The van der Waals surface area contributed by atoms with E-state index in [4.69, 9.17) is 5.10 Å². The Morgan fingerprint density at radius 2 is 2.29 bits per heavy atom. The summed E-state index contributed by atoms with van der Waals surface area (Å²) in [7, 11) is 0. The van der Waals surface area contributed by atoms with E-state index in [2.05, 4.69) is 45.2 Å². The molecule has 0 spiro atoms. The van der Waals surface area contributed by atoms with Gasteiger partial charge in [0.05, 0.1) is 5.69 Å². The summed E-state index contributed by atoms with van der Waals surface area (Å²) in [6.07, 6.45) is 11.9. The first-order valence-electron chi connectivity index (χ1n) is 10.5. The number of nitrogens with zero attached hydrogens (tertiary/aromatic N) is 3. The Balaban J connectivity index is 1.49. The lowest BCUT2D eigenvalue weighted by atomic mass is 9.77. The first-order valence-corrected chi connectivity index (χ1v) is 10.5. The SMILES string of the molecule is CCC1(CCNC=O)CCn2nc(-c3cnc4[nH]cc(C5CCC5)c4c3)cc21. The van der Waals surface area contributed by atoms with Crippen LogP contribution in [0.1, 0.15) is 62.6 Å². The molecule has 6 nitrogen and oxygen atoms in total. The Bertz CT molecular complexity index is 1020. The third-order valence-corrected chi connectivity index (χ3v) is 7.04. The Hall–Kier alpha value is -2.63. The van der Waals surface area contributed by atoms with Crippen LogP contribution in [0.2, 0.25) is 0 Å². The van der Waals surface area contributed by atoms with Gasteiger partial charge in [-0.15, -0.1) is 0 Å². The van der Waals surface area contributed by atoms with Crippen LogP contribution < -0.4 is 5.32 Å². The number of amides is 1. The number of rotatable bonds is 7. The van der Waals surface area contributed by atoms with Crippen LogP contribution in [0.3, 0.4) is 0 Å². The first-order chi connectivity index (χ1) is 13.7. The van der Waals surface area contributed by atoms with Crippen molar-refractivity contribution in [3.05, 3.63) is 35.8 Å². The standard InChI is InChI=1S/C22H27N5O/c1-2-22(6-8-23-14-28)7-9-27-20(22)11-19(26-27)16-10-17-18(15-4-3-5-15)13-25-21(17)24-12-16/h10-15H,2-9H2,1H3,(H,23,28)(H,24,25). The molecule has 1 atom stereocenters. The number of aromatic nitrogens is 4. The first kappa shape index (κ1) is 17.5. The van der Waals surface area contributed by atoms with Gasteiger partial charge in [0.2, 0.25) is 6.41 Å². The molecule has 4 heterocycles. The van der Waals surface area contributed by atoms with Crippen LogP contribution in [-0.2, 0) is 16.8 Å². The van der Waals surface area contributed by atoms with Gasteiger partial charge in [0.25, 0.3) is 0 Å². The molecule has 1 saturated carbocycles. The molecule has 1 unspecified atom stereocenters. The number of fused-ring (bicyclic) bond motifs is 2. The highest BCUT2D eigenvalue weighted by atomic mass is 16.1. The van der Waals surface area contributed by atoms with Crippen LogP contribution in [-0.4, -0.2) is 32.7 Å². The van der Waals surface area contributed by atoms with Crippen LogP contribution in [0.15, 0.2) is 24.5 Å². The van der Waals surface area contributed by atoms with E-state index in [9.17, 15) is 4.79 Å². The number of aromatic amines is 1. The smallest absolute Gasteiger partial charge is 0.207 e. The maximum absolute atomic E-state index is 10.7. The van der Waals surface area contributed by atoms with E-state index in [1.165, 1.54) is 35.9 Å². The van der Waals surface area contributed by atoms with Gasteiger partial charge in [-0.3, -0.25) is 9.48 Å². The minimum Gasteiger partial charge on any atom is -0.359 e. The van der Waals surface area contributed by atoms with Crippen molar-refractivity contribution < 1.29 is 4.79 Å². The second-order valence-electron chi connectivity index (χ2n) is 8.34. The quantitative estimate of drug-likeness (QED) is 0.485. The number of hydrogen-bond donors (Lipinski definition) is 2. The summed E-state index contributed by atoms with van der Waals surface area (Å²) >= 11 is 0. The molecule has 6 heteroatoms. The second-order valence-corrected chi connectivity index (χ2v) is 8.34. The summed E-state index contributed by atoms with van der Waals surface area (Å²) in [5.41, 5.74) is 5.87. The van der Waals surface area contributed by atoms with Crippen molar-refractivity contribution in [2.45, 2.75) is 63.3 Å². The van der Waals surface area contributed by atoms with Crippen molar-refractivity contribution in [1.82, 2.24) is 25.1 Å². The molecule has 1 aliphatic carbocycles. The fourth-order valence-electron chi connectivity index (χ4n) is 4.98. The minimum atomic E-state index is 0.101. The van der Waals surface area contributed by atoms with E-state index in [1.807, 2.05) is 6.20 Å². The second kappa shape index (κ2) is 6.76. The lowest BCUT2D eigenvalue weighted by molar-refractivity contribution is -0.109. The summed E-state index contributed by atoms with van der Waals surface area (Å²) in [5.74, 6) is 0.677. The van der Waals surface area contributed by atoms with Crippen molar-refractivity contribution in [2.24, 2.45) is 0 Å². The topological polar surface area (TPSA) is 75.6 Å². The van der Waals surface area contributed by atoms with Crippen LogP contribution in [0.4, 0.5) is 0 Å². The number of carbonyl (C=O) groups excluding carboxylic acids is 1. The molecule has 0 saturated heterocycles. The summed E-state index contributed by atoms with van der Waals surface area (Å²) < 4.78 is 2.16. The molecule has 5 rings (SSSR count). The van der Waals surface area contributed by atoms with Gasteiger partial charge in [-0.05, 0) is 55.7 Å². The molecule has 1 amide bonds.